The Hall–Kier alpha value is -1.12. The third-order valence-electron chi connectivity index (χ3n) is 3.90. The molecule has 2 aromatic rings. The molecule has 1 aliphatic heterocycles. The lowest BCUT2D eigenvalue weighted by atomic mass is 9.93. The van der Waals surface area contributed by atoms with Gasteiger partial charge in [-0.2, -0.15) is 0 Å². The molecule has 1 aliphatic rings. The minimum absolute atomic E-state index is 0.427. The van der Waals surface area contributed by atoms with Crippen molar-refractivity contribution in [1.29, 1.82) is 0 Å². The Morgan fingerprint density at radius 1 is 1.32 bits per heavy atom. The molecule has 0 spiro atoms. The number of para-hydroxylation sites is 1. The van der Waals surface area contributed by atoms with E-state index in [1.54, 1.807) is 0 Å². The molecule has 19 heavy (non-hydrogen) atoms. The van der Waals surface area contributed by atoms with Crippen LogP contribution in [-0.2, 0) is 6.54 Å². The molecular weight excluding hydrogens is 256 g/mol. The van der Waals surface area contributed by atoms with Crippen molar-refractivity contribution in [2.45, 2.75) is 26.8 Å². The fourth-order valence-electron chi connectivity index (χ4n) is 2.85. The smallest absolute Gasteiger partial charge is 0.134 e. The van der Waals surface area contributed by atoms with E-state index in [0.29, 0.717) is 10.6 Å². The topological polar surface area (TPSA) is 16.1 Å². The van der Waals surface area contributed by atoms with Gasteiger partial charge < -0.3 is 0 Å². The third kappa shape index (κ3) is 2.75. The quantitative estimate of drug-likeness (QED) is 0.766. The zero-order valence-electron chi connectivity index (χ0n) is 11.5. The number of nitrogens with zero attached hydrogens (tertiary/aromatic N) is 2. The molecule has 0 amide bonds. The van der Waals surface area contributed by atoms with Crippen molar-refractivity contribution >= 4 is 22.5 Å². The summed E-state index contributed by atoms with van der Waals surface area (Å²) in [5.74, 6) is 0. The number of aromatic nitrogens is 1. The first-order valence-electron chi connectivity index (χ1n) is 6.80. The third-order valence-corrected chi connectivity index (χ3v) is 4.23. The average molecular weight is 275 g/mol. The van der Waals surface area contributed by atoms with E-state index in [1.807, 2.05) is 18.2 Å². The maximum absolute atomic E-state index is 6.31. The predicted molar refractivity (Wildman–Crippen MR) is 80.4 cm³/mol. The maximum atomic E-state index is 6.31. The number of likely N-dealkylation sites (tertiary alicyclic amines) is 1. The Balaban J connectivity index is 1.87. The standard InChI is InChI=1S/C16H19ClN2/c1-16(2)7-8-19(11-16)10-13-9-12-5-3-4-6-14(12)18-15(13)17/h3-6,9H,7-8,10-11H2,1-2H3. The second-order valence-corrected chi connectivity index (χ2v) is 6.61. The van der Waals surface area contributed by atoms with E-state index in [2.05, 4.69) is 35.9 Å². The van der Waals surface area contributed by atoms with E-state index < -0.39 is 0 Å². The van der Waals surface area contributed by atoms with E-state index in [9.17, 15) is 0 Å². The highest BCUT2D eigenvalue weighted by Crippen LogP contribution is 2.31. The summed E-state index contributed by atoms with van der Waals surface area (Å²) in [4.78, 5) is 6.96. The van der Waals surface area contributed by atoms with Gasteiger partial charge in [-0.25, -0.2) is 4.98 Å². The van der Waals surface area contributed by atoms with Crippen LogP contribution in [0.5, 0.6) is 0 Å². The number of fused-ring (bicyclic) bond motifs is 1. The van der Waals surface area contributed by atoms with Gasteiger partial charge in [0.2, 0.25) is 0 Å². The Morgan fingerprint density at radius 3 is 2.84 bits per heavy atom. The number of benzene rings is 1. The van der Waals surface area contributed by atoms with Crippen molar-refractivity contribution < 1.29 is 0 Å². The Bertz CT molecular complexity index is 607. The van der Waals surface area contributed by atoms with Crippen molar-refractivity contribution in [3.8, 4) is 0 Å². The van der Waals surface area contributed by atoms with Crippen LogP contribution in [0.25, 0.3) is 10.9 Å². The maximum Gasteiger partial charge on any atom is 0.134 e. The SMILES string of the molecule is CC1(C)CCN(Cc2cc3ccccc3nc2Cl)C1. The van der Waals surface area contributed by atoms with Crippen LogP contribution >= 0.6 is 11.6 Å². The van der Waals surface area contributed by atoms with E-state index in [4.69, 9.17) is 11.6 Å². The van der Waals surface area contributed by atoms with Crippen LogP contribution in [0.15, 0.2) is 30.3 Å². The second kappa shape index (κ2) is 4.77. The summed E-state index contributed by atoms with van der Waals surface area (Å²) in [5.41, 5.74) is 2.53. The zero-order valence-corrected chi connectivity index (χ0v) is 12.2. The predicted octanol–water partition coefficient (Wildman–Crippen LogP) is 4.12. The van der Waals surface area contributed by atoms with Gasteiger partial charge in [-0.1, -0.05) is 43.6 Å². The largest absolute Gasteiger partial charge is 0.298 e. The summed E-state index contributed by atoms with van der Waals surface area (Å²) in [6.45, 7) is 7.84. The fraction of sp³-hybridized carbons (Fsp3) is 0.438. The minimum atomic E-state index is 0.427. The molecule has 0 atom stereocenters. The summed E-state index contributed by atoms with van der Waals surface area (Å²) < 4.78 is 0. The molecule has 2 heterocycles. The first-order chi connectivity index (χ1) is 9.03. The Labute approximate surface area is 119 Å². The highest BCUT2D eigenvalue weighted by molar-refractivity contribution is 6.30. The lowest BCUT2D eigenvalue weighted by Gasteiger charge is -2.20. The van der Waals surface area contributed by atoms with Gasteiger partial charge in [0.15, 0.2) is 0 Å². The van der Waals surface area contributed by atoms with Gasteiger partial charge in [-0.05, 0) is 30.5 Å². The summed E-state index contributed by atoms with van der Waals surface area (Å²) in [6, 6.07) is 10.3. The minimum Gasteiger partial charge on any atom is -0.298 e. The Kier molecular flexibility index (Phi) is 3.23. The molecule has 100 valence electrons. The number of hydrogen-bond donors (Lipinski definition) is 0. The lowest BCUT2D eigenvalue weighted by molar-refractivity contribution is 0.284. The van der Waals surface area contributed by atoms with Crippen LogP contribution in [-0.4, -0.2) is 23.0 Å². The van der Waals surface area contributed by atoms with Crippen LogP contribution in [0.2, 0.25) is 5.15 Å². The van der Waals surface area contributed by atoms with Crippen LogP contribution in [0.4, 0.5) is 0 Å². The summed E-state index contributed by atoms with van der Waals surface area (Å²) in [6.07, 6.45) is 1.26. The van der Waals surface area contributed by atoms with E-state index in [0.717, 1.165) is 30.7 Å². The fourth-order valence-corrected chi connectivity index (χ4v) is 3.05. The van der Waals surface area contributed by atoms with Crippen molar-refractivity contribution in [2.24, 2.45) is 5.41 Å². The molecule has 1 fully saturated rings. The highest BCUT2D eigenvalue weighted by Gasteiger charge is 2.29. The summed E-state index contributed by atoms with van der Waals surface area (Å²) in [5, 5.41) is 1.81. The number of hydrogen-bond acceptors (Lipinski definition) is 2. The van der Waals surface area contributed by atoms with Gasteiger partial charge in [0, 0.05) is 24.0 Å². The van der Waals surface area contributed by atoms with Crippen LogP contribution < -0.4 is 0 Å². The molecule has 1 aromatic carbocycles. The molecule has 1 aromatic heterocycles. The van der Waals surface area contributed by atoms with Gasteiger partial charge in [-0.15, -0.1) is 0 Å². The first-order valence-corrected chi connectivity index (χ1v) is 7.18. The molecule has 0 aliphatic carbocycles. The van der Waals surface area contributed by atoms with Crippen molar-refractivity contribution in [1.82, 2.24) is 9.88 Å². The summed E-state index contributed by atoms with van der Waals surface area (Å²) in [7, 11) is 0. The van der Waals surface area contributed by atoms with Gasteiger partial charge in [0.05, 0.1) is 5.52 Å². The number of halogens is 1. The first kappa shape index (κ1) is 12.9. The van der Waals surface area contributed by atoms with Crippen LogP contribution in [0.1, 0.15) is 25.8 Å². The van der Waals surface area contributed by atoms with Crippen LogP contribution in [0, 0.1) is 5.41 Å². The number of rotatable bonds is 2. The second-order valence-electron chi connectivity index (χ2n) is 6.26. The average Bonchev–Trinajstić information content (AvgIpc) is 2.70. The monoisotopic (exact) mass is 274 g/mol. The highest BCUT2D eigenvalue weighted by atomic mass is 35.5. The molecule has 0 bridgehead atoms. The Morgan fingerprint density at radius 2 is 2.11 bits per heavy atom. The lowest BCUT2D eigenvalue weighted by Crippen LogP contribution is -2.23. The van der Waals surface area contributed by atoms with Crippen molar-refractivity contribution in [2.75, 3.05) is 13.1 Å². The van der Waals surface area contributed by atoms with Crippen molar-refractivity contribution in [3.63, 3.8) is 0 Å². The molecule has 3 rings (SSSR count). The normalized spacial score (nSPS) is 19.1. The van der Waals surface area contributed by atoms with Gasteiger partial charge >= 0.3 is 0 Å². The van der Waals surface area contributed by atoms with E-state index in [1.165, 1.54) is 11.8 Å². The molecular formula is C16H19ClN2. The molecule has 2 nitrogen and oxygen atoms in total. The molecule has 3 heteroatoms. The van der Waals surface area contributed by atoms with Crippen LogP contribution in [0.3, 0.4) is 0 Å². The van der Waals surface area contributed by atoms with Gasteiger partial charge in [0.25, 0.3) is 0 Å². The van der Waals surface area contributed by atoms with Gasteiger partial charge in [0.1, 0.15) is 5.15 Å². The molecule has 1 saturated heterocycles. The van der Waals surface area contributed by atoms with Crippen molar-refractivity contribution in [3.05, 3.63) is 41.0 Å². The molecule has 0 N–H and O–H groups in total. The molecule has 0 unspecified atom stereocenters. The van der Waals surface area contributed by atoms with E-state index >= 15 is 0 Å². The molecule has 0 saturated carbocycles. The molecule has 0 radical (unpaired) electrons. The zero-order chi connectivity index (χ0) is 13.5. The number of pyridine rings is 1. The van der Waals surface area contributed by atoms with E-state index in [-0.39, 0.29) is 0 Å². The summed E-state index contributed by atoms with van der Waals surface area (Å²) >= 11 is 6.31. The van der Waals surface area contributed by atoms with Gasteiger partial charge in [-0.3, -0.25) is 4.90 Å².